The van der Waals surface area contributed by atoms with Crippen LogP contribution in [0.4, 0.5) is 30.2 Å². The minimum atomic E-state index is -0.515. The van der Waals surface area contributed by atoms with Gasteiger partial charge in [-0.25, -0.2) is 13.2 Å². The smallest absolute Gasteiger partial charge is 0.316 e. The fourth-order valence-electron chi connectivity index (χ4n) is 12.2. The van der Waals surface area contributed by atoms with Gasteiger partial charge in [-0.15, -0.1) is 0 Å². The number of methoxy groups -OCH3 is 6. The molecule has 6 heterocycles. The van der Waals surface area contributed by atoms with Crippen molar-refractivity contribution in [1.82, 2.24) is 59.9 Å². The van der Waals surface area contributed by atoms with Crippen molar-refractivity contribution in [1.29, 1.82) is 0 Å². The topological polar surface area (TPSA) is 310 Å². The van der Waals surface area contributed by atoms with Crippen LogP contribution in [0.15, 0.2) is 55.5 Å². The van der Waals surface area contributed by atoms with Crippen LogP contribution in [-0.4, -0.2) is 118 Å². The van der Waals surface area contributed by atoms with Crippen molar-refractivity contribution in [2.24, 2.45) is 21.1 Å². The van der Waals surface area contributed by atoms with Crippen molar-refractivity contribution in [2.75, 3.05) is 48.0 Å². The Bertz CT molecular complexity index is 4230. The Labute approximate surface area is 527 Å². The Morgan fingerprint density at radius 2 is 0.967 bits per heavy atom. The van der Waals surface area contributed by atoms with Crippen molar-refractivity contribution >= 4 is 46.2 Å². The predicted molar refractivity (Wildman–Crippen MR) is 327 cm³/mol. The van der Waals surface area contributed by atoms with Crippen LogP contribution >= 0.6 is 23.2 Å². The lowest BCUT2D eigenvalue weighted by molar-refractivity contribution is -0.384. The van der Waals surface area contributed by atoms with Gasteiger partial charge in [-0.05, 0) is 93.2 Å². The molecular weight excluding hydrogens is 1230 g/mol. The van der Waals surface area contributed by atoms with E-state index in [9.17, 15) is 29.4 Å². The maximum atomic E-state index is 15.1. The molecule has 26 nitrogen and oxygen atoms in total. The van der Waals surface area contributed by atoms with Crippen LogP contribution in [-0.2, 0) is 64.5 Å². The lowest BCUT2D eigenvalue weighted by Gasteiger charge is -2.25. The number of aromatic amines is 3. The van der Waals surface area contributed by atoms with Gasteiger partial charge in [0.1, 0.15) is 52.4 Å². The summed E-state index contributed by atoms with van der Waals surface area (Å²) in [5.74, 6) is -0.705. The largest absolute Gasteiger partial charge is 0.497 e. The van der Waals surface area contributed by atoms with E-state index in [-0.39, 0.29) is 62.3 Å². The average Bonchev–Trinajstić information content (AvgIpc) is 1.73. The van der Waals surface area contributed by atoms with E-state index in [0.717, 1.165) is 33.8 Å². The fraction of sp³-hybridized carbons (Fsp3) is 0.350. The van der Waals surface area contributed by atoms with E-state index in [1.54, 1.807) is 38.1 Å². The van der Waals surface area contributed by atoms with Crippen LogP contribution in [0.1, 0.15) is 87.5 Å². The molecule has 3 aliphatic carbocycles. The summed E-state index contributed by atoms with van der Waals surface area (Å²) in [4.78, 5) is 33.6. The number of carbonyl (C=O) groups is 1. The SMILES string of the molecule is C=CC(=O)Nc1cnn(C)c1-c1n[nH]c2c1CCC(c1c(F)c(OC)cc(OC)c1Cl)C2.COc1cc(OC)c(Cl)c(C2CCc3c(-c4c([N+](=O)[O-])cnn4C)n[nH]c3C2)c1F.COc1cc(OC)c(F)c(C2CCc3c(-c4c([N+](=O)[O-])cnn4C)n[nH]c3C2)c1. The molecule has 12 rings (SSSR count). The normalized spacial score (nSPS) is 15.6. The van der Waals surface area contributed by atoms with Crippen LogP contribution in [0.3, 0.4) is 0 Å². The molecule has 0 bridgehead atoms. The fourth-order valence-corrected chi connectivity index (χ4v) is 12.9. The molecule has 0 saturated heterocycles. The third-order valence-corrected chi connectivity index (χ3v) is 17.5. The first-order valence-corrected chi connectivity index (χ1v) is 29.0. The number of fused-ring (bicyclic) bond motifs is 3. The third-order valence-electron chi connectivity index (χ3n) is 16.7. The number of carbonyl (C=O) groups excluding carboxylic acids is 1. The molecule has 3 aliphatic rings. The number of aryl methyl sites for hydroxylation is 3. The number of hydrogen-bond acceptors (Lipinski definition) is 17. The summed E-state index contributed by atoms with van der Waals surface area (Å²) in [6.07, 6.45) is 10.4. The summed E-state index contributed by atoms with van der Waals surface area (Å²) in [5, 5.41) is 60.3. The summed E-state index contributed by atoms with van der Waals surface area (Å²) in [5.41, 5.74) is 9.96. The van der Waals surface area contributed by atoms with E-state index in [1.165, 1.54) is 88.7 Å². The number of nitrogens with zero attached hydrogens (tertiary/aromatic N) is 11. The molecule has 1 amide bonds. The Hall–Kier alpha value is -9.90. The number of aromatic nitrogens is 12. The molecule has 0 saturated carbocycles. The molecule has 31 heteroatoms. The molecule has 0 fully saturated rings. The monoisotopic (exact) mass is 1300 g/mol. The second-order valence-electron chi connectivity index (χ2n) is 21.5. The molecule has 4 N–H and O–H groups in total. The number of ether oxygens (including phenoxy) is 6. The number of amides is 1. The van der Waals surface area contributed by atoms with Gasteiger partial charge in [0, 0.05) is 84.2 Å². The van der Waals surface area contributed by atoms with Crippen LogP contribution in [0.5, 0.6) is 34.5 Å². The van der Waals surface area contributed by atoms with Gasteiger partial charge in [-0.2, -0.15) is 30.6 Å². The van der Waals surface area contributed by atoms with E-state index in [2.05, 4.69) is 57.8 Å². The Morgan fingerprint density at radius 1 is 0.582 bits per heavy atom. The highest BCUT2D eigenvalue weighted by molar-refractivity contribution is 6.33. The molecule has 0 spiro atoms. The highest BCUT2D eigenvalue weighted by atomic mass is 35.5. The number of halogens is 5. The van der Waals surface area contributed by atoms with Gasteiger partial charge in [-0.1, -0.05) is 29.8 Å². The predicted octanol–water partition coefficient (Wildman–Crippen LogP) is 11.0. The molecule has 3 aromatic carbocycles. The summed E-state index contributed by atoms with van der Waals surface area (Å²) in [6.45, 7) is 3.48. The van der Waals surface area contributed by atoms with E-state index < -0.39 is 27.3 Å². The van der Waals surface area contributed by atoms with Crippen molar-refractivity contribution in [3.8, 4) is 68.7 Å². The van der Waals surface area contributed by atoms with Gasteiger partial charge in [-0.3, -0.25) is 54.4 Å². The van der Waals surface area contributed by atoms with Gasteiger partial charge in [0.25, 0.3) is 0 Å². The average molecular weight is 1300 g/mol. The summed E-state index contributed by atoms with van der Waals surface area (Å²) >= 11 is 12.9. The van der Waals surface area contributed by atoms with Crippen LogP contribution in [0, 0.1) is 37.7 Å². The van der Waals surface area contributed by atoms with E-state index in [4.69, 9.17) is 51.6 Å². The highest BCUT2D eigenvalue weighted by Gasteiger charge is 2.37. The van der Waals surface area contributed by atoms with Crippen LogP contribution in [0.25, 0.3) is 34.2 Å². The minimum Gasteiger partial charge on any atom is -0.497 e. The number of H-pyrrole nitrogens is 3. The number of benzene rings is 3. The van der Waals surface area contributed by atoms with Gasteiger partial charge in [0.05, 0.1) is 74.4 Å². The van der Waals surface area contributed by atoms with E-state index in [1.807, 2.05) is 0 Å². The van der Waals surface area contributed by atoms with E-state index in [0.29, 0.717) is 132 Å². The zero-order valence-electron chi connectivity index (χ0n) is 50.7. The number of rotatable bonds is 16. The lowest BCUT2D eigenvalue weighted by Crippen LogP contribution is -2.15. The second-order valence-corrected chi connectivity index (χ2v) is 22.3. The number of hydrogen-bond donors (Lipinski definition) is 4. The van der Waals surface area contributed by atoms with Crippen molar-refractivity contribution in [2.45, 2.75) is 75.5 Å². The maximum Gasteiger partial charge on any atom is 0.316 e. The zero-order chi connectivity index (χ0) is 65.3. The molecule has 9 aromatic rings. The summed E-state index contributed by atoms with van der Waals surface area (Å²) in [7, 11) is 13.7. The van der Waals surface area contributed by atoms with Crippen molar-refractivity contribution in [3.05, 3.63) is 154 Å². The first-order chi connectivity index (χ1) is 43.7. The number of nitrogens with one attached hydrogen (secondary N) is 4. The maximum absolute atomic E-state index is 15.1. The molecular formula is C60H62Cl2F3N15O11. The first-order valence-electron chi connectivity index (χ1n) is 28.3. The Morgan fingerprint density at radius 3 is 1.37 bits per heavy atom. The lowest BCUT2D eigenvalue weighted by atomic mass is 9.81. The number of anilines is 1. The third kappa shape index (κ3) is 12.1. The van der Waals surface area contributed by atoms with Gasteiger partial charge < -0.3 is 33.7 Å². The van der Waals surface area contributed by atoms with Crippen LogP contribution < -0.4 is 33.7 Å². The molecule has 3 unspecified atom stereocenters. The Kier molecular flexibility index (Phi) is 18.8. The minimum absolute atomic E-state index is 0.0628. The molecule has 6 aromatic heterocycles. The molecule has 91 heavy (non-hydrogen) atoms. The van der Waals surface area contributed by atoms with Gasteiger partial charge >= 0.3 is 11.4 Å². The zero-order valence-corrected chi connectivity index (χ0v) is 52.2. The summed E-state index contributed by atoms with van der Waals surface area (Å²) < 4.78 is 80.9. The second kappa shape index (κ2) is 26.7. The molecule has 478 valence electrons. The van der Waals surface area contributed by atoms with Crippen LogP contribution in [0.2, 0.25) is 10.0 Å². The Balaban J connectivity index is 0.000000150. The summed E-state index contributed by atoms with van der Waals surface area (Å²) in [6, 6.07) is 6.08. The van der Waals surface area contributed by atoms with E-state index >= 15 is 8.78 Å². The first kappa shape index (κ1) is 64.1. The molecule has 3 atom stereocenters. The van der Waals surface area contributed by atoms with Crippen molar-refractivity contribution in [3.63, 3.8) is 0 Å². The molecule has 0 radical (unpaired) electrons. The quantitative estimate of drug-likeness (QED) is 0.0397. The molecule has 0 aliphatic heterocycles. The highest BCUT2D eigenvalue weighted by Crippen LogP contribution is 2.48. The standard InChI is InChI=1S/C22H23ClFN5O3.C19H19ClFN5O4.C19H20FN5O4/c1-5-17(30)26-14-10-25-29(2)22(14)21-12-7-6-11(8-13(12)27-28-21)18-19(23)15(31-3)9-16(32-4)20(18)24;1-25-19(12(8-22-25)26(27)28)18-10-5-4-9(6-11(10)23-24-18)15-16(20)13(29-2)7-14(30-3)17(15)21;1-24-19(15(9-21-24)25(26)27)18-12-5-4-10(6-14(12)22-23-18)13-7-11(28-2)8-16(29-3)17(13)20/h5,9-11H,1,6-8H2,2-4H3,(H,26,30)(H,27,28);7-9H,4-6H2,1-3H3,(H,23,24);7-10H,4-6H2,1-3H3,(H,22,23). The number of nitro groups is 2. The van der Waals surface area contributed by atoms with Gasteiger partial charge in [0.2, 0.25) is 5.91 Å². The van der Waals surface area contributed by atoms with Crippen molar-refractivity contribution < 1.29 is 56.2 Å². The van der Waals surface area contributed by atoms with Gasteiger partial charge in [0.15, 0.2) is 46.1 Å².